The molecule has 0 heterocycles. The van der Waals surface area contributed by atoms with Crippen LogP contribution in [-0.2, 0) is 0 Å². The summed E-state index contributed by atoms with van der Waals surface area (Å²) >= 11 is 2.28. The average Bonchev–Trinajstić information content (AvgIpc) is 2.27. The molecule has 0 atom stereocenters. The van der Waals surface area contributed by atoms with Crippen molar-refractivity contribution in [3.8, 4) is 11.5 Å². The molecular weight excluding hydrogens is 311 g/mol. The van der Waals surface area contributed by atoms with Gasteiger partial charge in [0.2, 0.25) is 0 Å². The lowest BCUT2D eigenvalue weighted by molar-refractivity contribution is 0.482. The normalized spacial score (nSPS) is 10.2. The molecule has 0 saturated heterocycles. The van der Waals surface area contributed by atoms with E-state index in [1.54, 1.807) is 0 Å². The summed E-state index contributed by atoms with van der Waals surface area (Å²) in [5.74, 6) is 1.77. The van der Waals surface area contributed by atoms with Crippen molar-refractivity contribution in [1.82, 2.24) is 0 Å². The van der Waals surface area contributed by atoms with Crippen molar-refractivity contribution >= 4 is 22.6 Å². The Morgan fingerprint density at radius 2 is 1.44 bits per heavy atom. The lowest BCUT2D eigenvalue weighted by Crippen LogP contribution is -1.86. The lowest BCUT2D eigenvalue weighted by atomic mass is 10.1. The fourth-order valence-electron chi connectivity index (χ4n) is 1.42. The molecule has 0 saturated carbocycles. The van der Waals surface area contributed by atoms with E-state index in [-0.39, 0.29) is 0 Å². The van der Waals surface area contributed by atoms with Crippen LogP contribution in [0.5, 0.6) is 11.5 Å². The molecule has 0 aromatic heterocycles. The fraction of sp³-hybridized carbons (Fsp3) is 0.143. The maximum Gasteiger partial charge on any atom is 0.127 e. The number of benzene rings is 2. The van der Waals surface area contributed by atoms with Gasteiger partial charge in [0.05, 0.1) is 0 Å². The molecule has 2 aromatic rings. The van der Waals surface area contributed by atoms with E-state index in [0.717, 1.165) is 11.5 Å². The van der Waals surface area contributed by atoms with Gasteiger partial charge in [-0.2, -0.15) is 0 Å². The van der Waals surface area contributed by atoms with Gasteiger partial charge in [-0.05, 0) is 84.0 Å². The Hall–Kier alpha value is -1.03. The molecule has 0 aliphatic rings. The summed E-state index contributed by atoms with van der Waals surface area (Å²) in [5, 5.41) is 0. The van der Waals surface area contributed by atoms with Crippen molar-refractivity contribution in [2.45, 2.75) is 13.8 Å². The maximum absolute atomic E-state index is 5.77. The van der Waals surface area contributed by atoms with E-state index in [4.69, 9.17) is 4.74 Å². The standard InChI is InChI=1S/C14H13IO/c1-10-3-6-14(9-11(10)2)16-13-7-4-12(15)5-8-13/h3-9H,1-2H3. The second-order valence-corrected chi connectivity index (χ2v) is 5.05. The van der Waals surface area contributed by atoms with E-state index >= 15 is 0 Å². The third-order valence-corrected chi connectivity index (χ3v) is 3.25. The molecule has 82 valence electrons. The van der Waals surface area contributed by atoms with Crippen LogP contribution in [0.3, 0.4) is 0 Å². The van der Waals surface area contributed by atoms with E-state index < -0.39 is 0 Å². The Morgan fingerprint density at radius 1 is 0.812 bits per heavy atom. The highest BCUT2D eigenvalue weighted by atomic mass is 127. The zero-order valence-corrected chi connectivity index (χ0v) is 11.5. The van der Waals surface area contributed by atoms with Crippen LogP contribution in [0.15, 0.2) is 42.5 Å². The van der Waals surface area contributed by atoms with Gasteiger partial charge in [-0.15, -0.1) is 0 Å². The quantitative estimate of drug-likeness (QED) is 0.728. The van der Waals surface area contributed by atoms with Crippen molar-refractivity contribution in [2.24, 2.45) is 0 Å². The molecule has 0 radical (unpaired) electrons. The predicted octanol–water partition coefficient (Wildman–Crippen LogP) is 4.70. The zero-order valence-electron chi connectivity index (χ0n) is 9.33. The molecule has 0 spiro atoms. The summed E-state index contributed by atoms with van der Waals surface area (Å²) in [6.07, 6.45) is 0. The first-order valence-electron chi connectivity index (χ1n) is 5.16. The highest BCUT2D eigenvalue weighted by Gasteiger charge is 1.99. The molecule has 0 bridgehead atoms. The molecule has 2 aromatic carbocycles. The van der Waals surface area contributed by atoms with Gasteiger partial charge in [0.25, 0.3) is 0 Å². The minimum Gasteiger partial charge on any atom is -0.457 e. The number of hydrogen-bond acceptors (Lipinski definition) is 1. The van der Waals surface area contributed by atoms with Crippen LogP contribution in [0, 0.1) is 17.4 Å². The van der Waals surface area contributed by atoms with Crippen LogP contribution in [0.2, 0.25) is 0 Å². The van der Waals surface area contributed by atoms with Crippen LogP contribution in [0.25, 0.3) is 0 Å². The topological polar surface area (TPSA) is 9.23 Å². The molecular formula is C14H13IO. The molecule has 0 unspecified atom stereocenters. The minimum absolute atomic E-state index is 0.878. The van der Waals surface area contributed by atoms with E-state index in [0.29, 0.717) is 0 Å². The Balaban J connectivity index is 2.20. The first kappa shape index (κ1) is 11.5. The summed E-state index contributed by atoms with van der Waals surface area (Å²) in [5.41, 5.74) is 2.54. The van der Waals surface area contributed by atoms with E-state index in [1.165, 1.54) is 14.7 Å². The Morgan fingerprint density at radius 3 is 2.06 bits per heavy atom. The first-order valence-corrected chi connectivity index (χ1v) is 6.24. The largest absolute Gasteiger partial charge is 0.457 e. The van der Waals surface area contributed by atoms with Gasteiger partial charge in [-0.25, -0.2) is 0 Å². The van der Waals surface area contributed by atoms with Crippen LogP contribution in [0.4, 0.5) is 0 Å². The van der Waals surface area contributed by atoms with Gasteiger partial charge < -0.3 is 4.74 Å². The van der Waals surface area contributed by atoms with Crippen molar-refractivity contribution in [1.29, 1.82) is 0 Å². The summed E-state index contributed by atoms with van der Waals surface area (Å²) in [4.78, 5) is 0. The Labute approximate surface area is 110 Å². The predicted molar refractivity (Wildman–Crippen MR) is 75.1 cm³/mol. The smallest absolute Gasteiger partial charge is 0.127 e. The van der Waals surface area contributed by atoms with Crippen molar-refractivity contribution in [2.75, 3.05) is 0 Å². The molecule has 0 aliphatic heterocycles. The zero-order chi connectivity index (χ0) is 11.5. The Kier molecular flexibility index (Phi) is 3.49. The summed E-state index contributed by atoms with van der Waals surface area (Å²) in [7, 11) is 0. The number of ether oxygens (including phenoxy) is 1. The molecule has 2 heteroatoms. The van der Waals surface area contributed by atoms with Crippen LogP contribution < -0.4 is 4.74 Å². The summed E-state index contributed by atoms with van der Waals surface area (Å²) < 4.78 is 6.98. The van der Waals surface area contributed by atoms with Gasteiger partial charge in [0.1, 0.15) is 11.5 Å². The van der Waals surface area contributed by atoms with Crippen LogP contribution in [-0.4, -0.2) is 0 Å². The molecule has 1 nitrogen and oxygen atoms in total. The number of aryl methyl sites for hydroxylation is 2. The number of rotatable bonds is 2. The van der Waals surface area contributed by atoms with Crippen molar-refractivity contribution < 1.29 is 4.74 Å². The highest BCUT2D eigenvalue weighted by molar-refractivity contribution is 14.1. The molecule has 0 N–H and O–H groups in total. The summed E-state index contributed by atoms with van der Waals surface area (Å²) in [6.45, 7) is 4.19. The molecule has 0 aliphatic carbocycles. The monoisotopic (exact) mass is 324 g/mol. The van der Waals surface area contributed by atoms with E-state index in [9.17, 15) is 0 Å². The van der Waals surface area contributed by atoms with Crippen LogP contribution >= 0.6 is 22.6 Å². The maximum atomic E-state index is 5.77. The number of hydrogen-bond donors (Lipinski definition) is 0. The molecule has 2 rings (SSSR count). The molecule has 16 heavy (non-hydrogen) atoms. The molecule has 0 amide bonds. The fourth-order valence-corrected chi connectivity index (χ4v) is 1.78. The number of halogens is 1. The average molecular weight is 324 g/mol. The van der Waals surface area contributed by atoms with Gasteiger partial charge in [0.15, 0.2) is 0 Å². The van der Waals surface area contributed by atoms with E-state index in [1.807, 2.05) is 30.3 Å². The third kappa shape index (κ3) is 2.76. The minimum atomic E-state index is 0.878. The van der Waals surface area contributed by atoms with Gasteiger partial charge in [-0.1, -0.05) is 6.07 Å². The second-order valence-electron chi connectivity index (χ2n) is 3.80. The first-order chi connectivity index (χ1) is 7.65. The Bertz CT molecular complexity index is 489. The lowest BCUT2D eigenvalue weighted by Gasteiger charge is -2.07. The summed E-state index contributed by atoms with van der Waals surface area (Å²) in [6, 6.07) is 14.2. The van der Waals surface area contributed by atoms with Crippen LogP contribution in [0.1, 0.15) is 11.1 Å². The van der Waals surface area contributed by atoms with Crippen molar-refractivity contribution in [3.05, 3.63) is 57.2 Å². The highest BCUT2D eigenvalue weighted by Crippen LogP contribution is 2.24. The van der Waals surface area contributed by atoms with Gasteiger partial charge in [-0.3, -0.25) is 0 Å². The van der Waals surface area contributed by atoms with E-state index in [2.05, 4.69) is 48.6 Å². The second kappa shape index (κ2) is 4.87. The third-order valence-electron chi connectivity index (χ3n) is 2.53. The molecule has 0 fully saturated rings. The van der Waals surface area contributed by atoms with Gasteiger partial charge >= 0.3 is 0 Å². The van der Waals surface area contributed by atoms with Gasteiger partial charge in [0, 0.05) is 3.57 Å². The van der Waals surface area contributed by atoms with Crippen molar-refractivity contribution in [3.63, 3.8) is 0 Å². The SMILES string of the molecule is Cc1ccc(Oc2ccc(I)cc2)cc1C.